The highest BCUT2D eigenvalue weighted by Gasteiger charge is 2.23. The largest absolute Gasteiger partial charge is 0.486 e. The van der Waals surface area contributed by atoms with Gasteiger partial charge in [0.1, 0.15) is 12.4 Å². The molecule has 0 amide bonds. The first kappa shape index (κ1) is 14.4. The van der Waals surface area contributed by atoms with E-state index in [1.54, 1.807) is 12.4 Å². The van der Waals surface area contributed by atoms with E-state index < -0.39 is 0 Å². The maximum absolute atomic E-state index is 5.71. The molecular formula is C18H17N5O. The van der Waals surface area contributed by atoms with Crippen molar-refractivity contribution in [2.75, 3.05) is 23.4 Å². The summed E-state index contributed by atoms with van der Waals surface area (Å²) >= 11 is 0. The first-order chi connectivity index (χ1) is 11.8. The van der Waals surface area contributed by atoms with E-state index in [4.69, 9.17) is 4.74 Å². The fourth-order valence-corrected chi connectivity index (χ4v) is 2.72. The normalized spacial score (nSPS) is 13.1. The molecule has 2 aromatic heterocycles. The topological polar surface area (TPSA) is 63.2 Å². The molecule has 24 heavy (non-hydrogen) atoms. The summed E-state index contributed by atoms with van der Waals surface area (Å²) in [5, 5.41) is 3.13. The molecule has 0 unspecified atom stereocenters. The van der Waals surface area contributed by atoms with Crippen LogP contribution in [0, 0.1) is 6.92 Å². The van der Waals surface area contributed by atoms with E-state index in [1.807, 2.05) is 30.3 Å². The number of hydrogen-bond donors (Lipinski definition) is 1. The van der Waals surface area contributed by atoms with E-state index in [1.165, 1.54) is 5.56 Å². The van der Waals surface area contributed by atoms with Crippen LogP contribution in [0.2, 0.25) is 0 Å². The molecule has 0 spiro atoms. The fraction of sp³-hybridized carbons (Fsp3) is 0.167. The van der Waals surface area contributed by atoms with Crippen LogP contribution in [0.25, 0.3) is 0 Å². The maximum Gasteiger partial charge on any atom is 0.230 e. The zero-order valence-electron chi connectivity index (χ0n) is 13.3. The van der Waals surface area contributed by atoms with E-state index in [2.05, 4.69) is 44.2 Å². The summed E-state index contributed by atoms with van der Waals surface area (Å²) in [5.74, 6) is 2.66. The Labute approximate surface area is 140 Å². The van der Waals surface area contributed by atoms with Crippen LogP contribution in [0.3, 0.4) is 0 Å². The van der Waals surface area contributed by atoms with Gasteiger partial charge in [0.2, 0.25) is 5.95 Å². The summed E-state index contributed by atoms with van der Waals surface area (Å²) in [6, 6.07) is 13.9. The number of anilines is 4. The summed E-state index contributed by atoms with van der Waals surface area (Å²) in [4.78, 5) is 15.4. The number of aromatic nitrogens is 3. The second kappa shape index (κ2) is 6.16. The molecule has 0 fully saturated rings. The number of hydrogen-bond acceptors (Lipinski definition) is 6. The summed E-state index contributed by atoms with van der Waals surface area (Å²) < 4.78 is 5.71. The maximum atomic E-state index is 5.71. The molecule has 120 valence electrons. The second-order valence-electron chi connectivity index (χ2n) is 5.51. The Morgan fingerprint density at radius 3 is 2.79 bits per heavy atom. The number of aryl methyl sites for hydroxylation is 1. The Morgan fingerprint density at radius 1 is 1.08 bits per heavy atom. The number of ether oxygens (including phenoxy) is 1. The average Bonchev–Trinajstić information content (AvgIpc) is 2.63. The number of fused-ring (bicyclic) bond motifs is 1. The molecule has 6 nitrogen and oxygen atoms in total. The summed E-state index contributed by atoms with van der Waals surface area (Å²) in [5.41, 5.74) is 2.33. The monoisotopic (exact) mass is 319 g/mol. The van der Waals surface area contributed by atoms with E-state index in [0.29, 0.717) is 24.1 Å². The molecule has 0 aliphatic carbocycles. The molecule has 1 aliphatic rings. The van der Waals surface area contributed by atoms with Crippen LogP contribution in [0.5, 0.6) is 5.75 Å². The Morgan fingerprint density at radius 2 is 1.96 bits per heavy atom. The first-order valence-corrected chi connectivity index (χ1v) is 7.82. The minimum absolute atomic E-state index is 0.497. The Kier molecular flexibility index (Phi) is 3.70. The van der Waals surface area contributed by atoms with Crippen molar-refractivity contribution in [1.29, 1.82) is 0 Å². The van der Waals surface area contributed by atoms with Crippen molar-refractivity contribution in [3.05, 3.63) is 60.4 Å². The van der Waals surface area contributed by atoms with Gasteiger partial charge in [0.05, 0.1) is 12.7 Å². The van der Waals surface area contributed by atoms with Crippen LogP contribution < -0.4 is 15.0 Å². The predicted octanol–water partition coefficient (Wildman–Crippen LogP) is 3.45. The molecule has 1 N–H and O–H groups in total. The van der Waals surface area contributed by atoms with Crippen molar-refractivity contribution in [1.82, 2.24) is 15.0 Å². The van der Waals surface area contributed by atoms with Gasteiger partial charge in [-0.25, -0.2) is 9.97 Å². The molecule has 0 atom stereocenters. The smallest absolute Gasteiger partial charge is 0.230 e. The number of nitrogens with one attached hydrogen (secondary N) is 1. The Bertz CT molecular complexity index is 853. The van der Waals surface area contributed by atoms with Crippen LogP contribution in [-0.2, 0) is 0 Å². The predicted molar refractivity (Wildman–Crippen MR) is 93.2 cm³/mol. The molecule has 4 rings (SSSR count). The summed E-state index contributed by atoms with van der Waals surface area (Å²) in [6.45, 7) is 3.45. The minimum atomic E-state index is 0.497. The van der Waals surface area contributed by atoms with Gasteiger partial charge in [-0.1, -0.05) is 24.3 Å². The van der Waals surface area contributed by atoms with Crippen molar-refractivity contribution in [3.8, 4) is 5.75 Å². The van der Waals surface area contributed by atoms with Crippen LogP contribution in [-0.4, -0.2) is 28.1 Å². The van der Waals surface area contributed by atoms with Crippen LogP contribution >= 0.6 is 0 Å². The number of benzene rings is 1. The van der Waals surface area contributed by atoms with Gasteiger partial charge in [-0.05, 0) is 30.7 Å². The quantitative estimate of drug-likeness (QED) is 0.798. The minimum Gasteiger partial charge on any atom is -0.486 e. The fourth-order valence-electron chi connectivity index (χ4n) is 2.72. The highest BCUT2D eigenvalue weighted by molar-refractivity contribution is 5.70. The standard InChI is InChI=1S/C18H17N5O/c1-13-6-2-3-7-14(13)23-10-11-24-15-12-20-18(22-17(15)23)21-16-8-4-5-9-19-16/h2-9,12H,10-11H2,1H3,(H,19,20,21,22). The van der Waals surface area contributed by atoms with Crippen LogP contribution in [0.15, 0.2) is 54.9 Å². The molecule has 6 heteroatoms. The number of pyridine rings is 1. The average molecular weight is 319 g/mol. The van der Waals surface area contributed by atoms with Gasteiger partial charge in [0, 0.05) is 11.9 Å². The highest BCUT2D eigenvalue weighted by atomic mass is 16.5. The summed E-state index contributed by atoms with van der Waals surface area (Å²) in [6.07, 6.45) is 3.43. The van der Waals surface area contributed by atoms with Crippen molar-refractivity contribution in [2.24, 2.45) is 0 Å². The van der Waals surface area contributed by atoms with E-state index in [9.17, 15) is 0 Å². The van der Waals surface area contributed by atoms with Gasteiger partial charge in [0.15, 0.2) is 11.6 Å². The Hall–Kier alpha value is -3.15. The lowest BCUT2D eigenvalue weighted by Gasteiger charge is -2.31. The van der Waals surface area contributed by atoms with E-state index in [0.717, 1.165) is 18.1 Å². The van der Waals surface area contributed by atoms with E-state index in [-0.39, 0.29) is 0 Å². The lowest BCUT2D eigenvalue weighted by Crippen LogP contribution is -2.30. The zero-order chi connectivity index (χ0) is 16.4. The summed E-state index contributed by atoms with van der Waals surface area (Å²) in [7, 11) is 0. The third-order valence-corrected chi connectivity index (χ3v) is 3.88. The third-order valence-electron chi connectivity index (χ3n) is 3.88. The SMILES string of the molecule is Cc1ccccc1N1CCOc2cnc(Nc3ccccn3)nc21. The van der Waals surface area contributed by atoms with Gasteiger partial charge in [0.25, 0.3) is 0 Å². The molecular weight excluding hydrogens is 302 g/mol. The molecule has 0 saturated heterocycles. The van der Waals surface area contributed by atoms with Crippen LogP contribution in [0.1, 0.15) is 5.56 Å². The van der Waals surface area contributed by atoms with Gasteiger partial charge in [-0.3, -0.25) is 0 Å². The lowest BCUT2D eigenvalue weighted by atomic mass is 10.1. The van der Waals surface area contributed by atoms with E-state index >= 15 is 0 Å². The van der Waals surface area contributed by atoms with Crippen molar-refractivity contribution in [2.45, 2.75) is 6.92 Å². The number of rotatable bonds is 3. The van der Waals surface area contributed by atoms with Gasteiger partial charge in [-0.2, -0.15) is 4.98 Å². The van der Waals surface area contributed by atoms with Gasteiger partial charge in [-0.15, -0.1) is 0 Å². The molecule has 1 aliphatic heterocycles. The van der Waals surface area contributed by atoms with Gasteiger partial charge >= 0.3 is 0 Å². The van der Waals surface area contributed by atoms with Crippen molar-refractivity contribution >= 4 is 23.3 Å². The third kappa shape index (κ3) is 2.74. The van der Waals surface area contributed by atoms with Crippen molar-refractivity contribution < 1.29 is 4.74 Å². The number of nitrogens with zero attached hydrogens (tertiary/aromatic N) is 4. The molecule has 1 aromatic carbocycles. The second-order valence-corrected chi connectivity index (χ2v) is 5.51. The molecule has 3 heterocycles. The first-order valence-electron chi connectivity index (χ1n) is 7.82. The molecule has 3 aromatic rings. The number of para-hydroxylation sites is 1. The molecule has 0 radical (unpaired) electrons. The zero-order valence-corrected chi connectivity index (χ0v) is 13.3. The lowest BCUT2D eigenvalue weighted by molar-refractivity contribution is 0.310. The van der Waals surface area contributed by atoms with Gasteiger partial charge < -0.3 is 15.0 Å². The van der Waals surface area contributed by atoms with Crippen LogP contribution in [0.4, 0.5) is 23.3 Å². The highest BCUT2D eigenvalue weighted by Crippen LogP contribution is 2.36. The Balaban J connectivity index is 1.71. The molecule has 0 bridgehead atoms. The molecule has 0 saturated carbocycles. The van der Waals surface area contributed by atoms with Crippen molar-refractivity contribution in [3.63, 3.8) is 0 Å².